The van der Waals surface area contributed by atoms with Crippen LogP contribution in [-0.2, 0) is 6.42 Å². The lowest BCUT2D eigenvalue weighted by Crippen LogP contribution is -2.31. The van der Waals surface area contributed by atoms with Crippen molar-refractivity contribution in [2.24, 2.45) is 5.73 Å². The van der Waals surface area contributed by atoms with E-state index in [9.17, 15) is 0 Å². The lowest BCUT2D eigenvalue weighted by molar-refractivity contribution is 0.247. The first-order valence-electron chi connectivity index (χ1n) is 6.74. The Morgan fingerprint density at radius 3 is 3.00 bits per heavy atom. The molecule has 5 heteroatoms. The Hall–Kier alpha value is -0.940. The first kappa shape index (κ1) is 11.2. The molecule has 0 spiro atoms. The van der Waals surface area contributed by atoms with Crippen LogP contribution in [0.1, 0.15) is 56.5 Å². The average molecular weight is 235 g/mol. The fourth-order valence-corrected chi connectivity index (χ4v) is 3.19. The molecule has 17 heavy (non-hydrogen) atoms. The Balaban J connectivity index is 1.95. The Morgan fingerprint density at radius 2 is 2.18 bits per heavy atom. The summed E-state index contributed by atoms with van der Waals surface area (Å²) in [5, 5.41) is 8.75. The van der Waals surface area contributed by atoms with Crippen molar-refractivity contribution in [1.29, 1.82) is 0 Å². The van der Waals surface area contributed by atoms with Gasteiger partial charge in [0, 0.05) is 6.42 Å². The molecule has 2 aliphatic heterocycles. The molecule has 1 aromatic rings. The molecule has 0 bridgehead atoms. The predicted octanol–water partition coefficient (Wildman–Crippen LogP) is 1.23. The van der Waals surface area contributed by atoms with E-state index in [4.69, 9.17) is 5.73 Å². The summed E-state index contributed by atoms with van der Waals surface area (Å²) in [5.41, 5.74) is 6.21. The summed E-state index contributed by atoms with van der Waals surface area (Å²) in [6.07, 6.45) is 5.76. The van der Waals surface area contributed by atoms with Crippen molar-refractivity contribution in [2.45, 2.75) is 51.2 Å². The number of likely N-dealkylation sites (tertiary alicyclic amines) is 1. The van der Waals surface area contributed by atoms with Gasteiger partial charge in [-0.2, -0.15) is 0 Å². The van der Waals surface area contributed by atoms with Crippen LogP contribution in [0, 0.1) is 0 Å². The SMILES string of the molecule is CCN1CCCC1c1nnc2n1C(N)CCC2. The molecule has 1 aromatic heterocycles. The van der Waals surface area contributed by atoms with E-state index >= 15 is 0 Å². The van der Waals surface area contributed by atoms with Gasteiger partial charge in [-0.25, -0.2) is 0 Å². The molecule has 0 aliphatic carbocycles. The van der Waals surface area contributed by atoms with Gasteiger partial charge in [0.25, 0.3) is 0 Å². The van der Waals surface area contributed by atoms with Crippen LogP contribution >= 0.6 is 0 Å². The second kappa shape index (κ2) is 4.38. The minimum atomic E-state index is 0.0862. The predicted molar refractivity (Wildman–Crippen MR) is 65.4 cm³/mol. The van der Waals surface area contributed by atoms with Gasteiger partial charge < -0.3 is 5.73 Å². The van der Waals surface area contributed by atoms with Gasteiger partial charge in [-0.05, 0) is 38.8 Å². The third kappa shape index (κ3) is 1.77. The molecule has 2 N–H and O–H groups in total. The number of hydrogen-bond donors (Lipinski definition) is 1. The smallest absolute Gasteiger partial charge is 0.151 e. The lowest BCUT2D eigenvalue weighted by atomic mass is 10.1. The molecule has 1 fully saturated rings. The lowest BCUT2D eigenvalue weighted by Gasteiger charge is -2.27. The Labute approximate surface area is 102 Å². The quantitative estimate of drug-likeness (QED) is 0.837. The average Bonchev–Trinajstić information content (AvgIpc) is 2.94. The van der Waals surface area contributed by atoms with E-state index in [-0.39, 0.29) is 6.17 Å². The fourth-order valence-electron chi connectivity index (χ4n) is 3.19. The summed E-state index contributed by atoms with van der Waals surface area (Å²) < 4.78 is 2.20. The molecule has 94 valence electrons. The molecule has 2 atom stereocenters. The van der Waals surface area contributed by atoms with E-state index in [2.05, 4.69) is 26.6 Å². The van der Waals surface area contributed by atoms with Crippen molar-refractivity contribution in [1.82, 2.24) is 19.7 Å². The van der Waals surface area contributed by atoms with Gasteiger partial charge in [0.2, 0.25) is 0 Å². The minimum absolute atomic E-state index is 0.0862. The van der Waals surface area contributed by atoms with Crippen LogP contribution in [0.25, 0.3) is 0 Å². The van der Waals surface area contributed by atoms with E-state index < -0.39 is 0 Å². The second-order valence-corrected chi connectivity index (χ2v) is 5.09. The molecule has 2 aliphatic rings. The van der Waals surface area contributed by atoms with Gasteiger partial charge in [0.1, 0.15) is 5.82 Å². The van der Waals surface area contributed by atoms with Gasteiger partial charge in [0.15, 0.2) is 5.82 Å². The molecule has 1 saturated heterocycles. The number of hydrogen-bond acceptors (Lipinski definition) is 4. The number of aryl methyl sites for hydroxylation is 1. The monoisotopic (exact) mass is 235 g/mol. The summed E-state index contributed by atoms with van der Waals surface area (Å²) in [5.74, 6) is 2.19. The van der Waals surface area contributed by atoms with Gasteiger partial charge in [-0.15, -0.1) is 10.2 Å². The minimum Gasteiger partial charge on any atom is -0.311 e. The zero-order valence-electron chi connectivity index (χ0n) is 10.5. The van der Waals surface area contributed by atoms with Crippen molar-refractivity contribution >= 4 is 0 Å². The Kier molecular flexibility index (Phi) is 2.88. The van der Waals surface area contributed by atoms with Gasteiger partial charge in [-0.1, -0.05) is 6.92 Å². The number of rotatable bonds is 2. The molecular formula is C12H21N5. The topological polar surface area (TPSA) is 60.0 Å². The molecule has 0 saturated carbocycles. The highest BCUT2D eigenvalue weighted by atomic mass is 15.4. The van der Waals surface area contributed by atoms with E-state index in [0.29, 0.717) is 6.04 Å². The van der Waals surface area contributed by atoms with E-state index in [0.717, 1.165) is 37.5 Å². The molecule has 0 radical (unpaired) electrons. The Morgan fingerprint density at radius 1 is 1.29 bits per heavy atom. The first-order valence-corrected chi connectivity index (χ1v) is 6.74. The highest BCUT2D eigenvalue weighted by molar-refractivity contribution is 5.07. The third-order valence-corrected chi connectivity index (χ3v) is 4.09. The summed E-state index contributed by atoms with van der Waals surface area (Å²) in [4.78, 5) is 2.48. The zero-order chi connectivity index (χ0) is 11.8. The maximum Gasteiger partial charge on any atom is 0.151 e. The van der Waals surface area contributed by atoms with Crippen LogP contribution in [0.2, 0.25) is 0 Å². The number of nitrogens with two attached hydrogens (primary N) is 1. The molecule has 0 amide bonds. The Bertz CT molecular complexity index is 400. The highest BCUT2D eigenvalue weighted by Crippen LogP contribution is 2.33. The summed E-state index contributed by atoms with van der Waals surface area (Å²) in [6.45, 7) is 4.48. The van der Waals surface area contributed by atoms with Gasteiger partial charge >= 0.3 is 0 Å². The van der Waals surface area contributed by atoms with Gasteiger partial charge in [0.05, 0.1) is 12.2 Å². The van der Waals surface area contributed by atoms with Crippen LogP contribution in [0.4, 0.5) is 0 Å². The fraction of sp³-hybridized carbons (Fsp3) is 0.833. The maximum atomic E-state index is 6.21. The normalized spacial score (nSPS) is 29.5. The largest absolute Gasteiger partial charge is 0.311 e. The summed E-state index contributed by atoms with van der Waals surface area (Å²) in [7, 11) is 0. The molecule has 3 heterocycles. The molecule has 5 nitrogen and oxygen atoms in total. The van der Waals surface area contributed by atoms with Crippen LogP contribution < -0.4 is 5.73 Å². The molecule has 3 rings (SSSR count). The van der Waals surface area contributed by atoms with Crippen molar-refractivity contribution in [2.75, 3.05) is 13.1 Å². The highest BCUT2D eigenvalue weighted by Gasteiger charge is 2.32. The number of fused-ring (bicyclic) bond motifs is 1. The number of nitrogens with zero attached hydrogens (tertiary/aromatic N) is 4. The van der Waals surface area contributed by atoms with Crippen molar-refractivity contribution in [3.63, 3.8) is 0 Å². The second-order valence-electron chi connectivity index (χ2n) is 5.09. The van der Waals surface area contributed by atoms with Crippen LogP contribution in [0.15, 0.2) is 0 Å². The van der Waals surface area contributed by atoms with E-state index in [1.165, 1.54) is 19.4 Å². The van der Waals surface area contributed by atoms with Crippen LogP contribution in [-0.4, -0.2) is 32.8 Å². The van der Waals surface area contributed by atoms with E-state index in [1.807, 2.05) is 0 Å². The first-order chi connectivity index (χ1) is 8.31. The summed E-state index contributed by atoms with van der Waals surface area (Å²) in [6, 6.07) is 0.436. The van der Waals surface area contributed by atoms with E-state index in [1.54, 1.807) is 0 Å². The molecule has 0 aromatic carbocycles. The van der Waals surface area contributed by atoms with Crippen molar-refractivity contribution < 1.29 is 0 Å². The van der Waals surface area contributed by atoms with Crippen molar-refractivity contribution in [3.8, 4) is 0 Å². The van der Waals surface area contributed by atoms with Crippen molar-refractivity contribution in [3.05, 3.63) is 11.6 Å². The van der Waals surface area contributed by atoms with Crippen LogP contribution in [0.3, 0.4) is 0 Å². The summed E-state index contributed by atoms with van der Waals surface area (Å²) >= 11 is 0. The molecule has 2 unspecified atom stereocenters. The standard InChI is InChI=1S/C12H21N5/c1-2-16-8-4-5-9(16)12-15-14-11-7-3-6-10(13)17(11)12/h9-10H,2-8,13H2,1H3. The molecular weight excluding hydrogens is 214 g/mol. The number of aromatic nitrogens is 3. The zero-order valence-corrected chi connectivity index (χ0v) is 10.5. The maximum absolute atomic E-state index is 6.21. The van der Waals surface area contributed by atoms with Gasteiger partial charge in [-0.3, -0.25) is 9.47 Å². The third-order valence-electron chi connectivity index (χ3n) is 4.09. The van der Waals surface area contributed by atoms with Crippen LogP contribution in [0.5, 0.6) is 0 Å².